The molecule has 27 heavy (non-hydrogen) atoms. The van der Waals surface area contributed by atoms with Crippen LogP contribution in [0.15, 0.2) is 35.6 Å². The third kappa shape index (κ3) is 3.11. The van der Waals surface area contributed by atoms with Crippen molar-refractivity contribution in [3.05, 3.63) is 46.9 Å². The second kappa shape index (κ2) is 6.84. The molecule has 5 heterocycles. The second-order valence-corrected chi connectivity index (χ2v) is 8.81. The van der Waals surface area contributed by atoms with Gasteiger partial charge in [-0.1, -0.05) is 0 Å². The average molecular weight is 367 g/mol. The number of fused-ring (bicyclic) bond motifs is 4. The number of nitrogens with one attached hydrogen (secondary N) is 2. The van der Waals surface area contributed by atoms with Crippen LogP contribution in [0.1, 0.15) is 30.9 Å². The molecule has 3 aliphatic heterocycles. The maximum absolute atomic E-state index is 13.2. The van der Waals surface area contributed by atoms with Crippen molar-refractivity contribution in [2.24, 2.45) is 5.92 Å². The lowest BCUT2D eigenvalue weighted by molar-refractivity contribution is -0.959. The van der Waals surface area contributed by atoms with Crippen molar-refractivity contribution >= 4 is 0 Å². The van der Waals surface area contributed by atoms with Gasteiger partial charge in [0.25, 0.3) is 5.56 Å². The lowest BCUT2D eigenvalue weighted by atomic mass is 9.81. The van der Waals surface area contributed by atoms with Gasteiger partial charge in [-0.25, -0.2) is 9.97 Å². The summed E-state index contributed by atoms with van der Waals surface area (Å²) >= 11 is 0. The highest BCUT2D eigenvalue weighted by molar-refractivity contribution is 5.60. The van der Waals surface area contributed by atoms with E-state index in [-0.39, 0.29) is 5.56 Å². The van der Waals surface area contributed by atoms with E-state index in [9.17, 15) is 4.79 Å². The van der Waals surface area contributed by atoms with Crippen molar-refractivity contribution < 1.29 is 9.80 Å². The molecule has 1 unspecified atom stereocenters. The number of rotatable bonds is 2. The Balaban J connectivity index is 1.43. The Morgan fingerprint density at radius 3 is 2.67 bits per heavy atom. The van der Waals surface area contributed by atoms with Crippen LogP contribution in [0.3, 0.4) is 0 Å². The molecule has 5 rings (SSSR count). The Morgan fingerprint density at radius 2 is 1.89 bits per heavy atom. The zero-order valence-electron chi connectivity index (χ0n) is 16.0. The van der Waals surface area contributed by atoms with E-state index in [1.54, 1.807) is 22.2 Å². The first kappa shape index (κ1) is 17.1. The van der Waals surface area contributed by atoms with Gasteiger partial charge in [-0.05, 0) is 18.6 Å². The van der Waals surface area contributed by atoms with Crippen LogP contribution in [0.2, 0.25) is 0 Å². The van der Waals surface area contributed by atoms with Crippen LogP contribution in [0.5, 0.6) is 0 Å². The number of pyridine rings is 1. The number of hydrogen-bond acceptors (Lipinski definition) is 3. The molecule has 3 atom stereocenters. The van der Waals surface area contributed by atoms with E-state index in [1.807, 2.05) is 6.07 Å². The standard InChI is InChI=1S/C21H27N5O/c1-24-6-4-18(5-7-24)25-11-15-8-16(13-25)20-3-2-19(21(27)26(20)12-15)17-9-22-14-23-10-17/h2-3,9-10,14-16,18H,4-8,11-13H2,1H3/p+2/t15-,16+/m0/s1. The number of aromatic nitrogens is 3. The number of piperidine rings is 2. The van der Waals surface area contributed by atoms with Gasteiger partial charge in [0.1, 0.15) is 6.33 Å². The van der Waals surface area contributed by atoms with Gasteiger partial charge in [-0.3, -0.25) is 4.79 Å². The van der Waals surface area contributed by atoms with Crippen LogP contribution < -0.4 is 15.4 Å². The summed E-state index contributed by atoms with van der Waals surface area (Å²) < 4.78 is 2.05. The van der Waals surface area contributed by atoms with E-state index in [1.165, 1.54) is 57.5 Å². The number of nitrogens with zero attached hydrogens (tertiary/aromatic N) is 3. The molecule has 2 aromatic rings. The molecule has 0 aliphatic carbocycles. The fourth-order valence-corrected chi connectivity index (χ4v) is 5.61. The molecule has 0 saturated carbocycles. The molecule has 2 bridgehead atoms. The number of likely N-dealkylation sites (tertiary alicyclic amines) is 2. The van der Waals surface area contributed by atoms with Gasteiger partial charge in [0.05, 0.1) is 44.8 Å². The van der Waals surface area contributed by atoms with Gasteiger partial charge in [-0.2, -0.15) is 0 Å². The van der Waals surface area contributed by atoms with Crippen molar-refractivity contribution in [3.63, 3.8) is 0 Å². The fourth-order valence-electron chi connectivity index (χ4n) is 5.61. The smallest absolute Gasteiger partial charge is 0.258 e. The molecule has 142 valence electrons. The Kier molecular flexibility index (Phi) is 4.32. The maximum Gasteiger partial charge on any atom is 0.258 e. The van der Waals surface area contributed by atoms with Crippen LogP contribution in [0.4, 0.5) is 0 Å². The summed E-state index contributed by atoms with van der Waals surface area (Å²) in [6, 6.07) is 4.99. The first-order valence-electron chi connectivity index (χ1n) is 10.3. The third-order valence-electron chi connectivity index (χ3n) is 7.03. The van der Waals surface area contributed by atoms with Gasteiger partial charge in [-0.15, -0.1) is 0 Å². The van der Waals surface area contributed by atoms with Gasteiger partial charge >= 0.3 is 0 Å². The SMILES string of the molecule is C[NH+]1CCC([NH+]2C[C@@H]3C[C@H](C2)c2ccc(-c4cncnc4)c(=O)n2C3)CC1. The Labute approximate surface area is 159 Å². The molecule has 0 aromatic carbocycles. The van der Waals surface area contributed by atoms with Crippen molar-refractivity contribution in [2.75, 3.05) is 33.2 Å². The summed E-state index contributed by atoms with van der Waals surface area (Å²) in [5.74, 6) is 1.14. The zero-order chi connectivity index (χ0) is 18.4. The van der Waals surface area contributed by atoms with Gasteiger partial charge in [0.15, 0.2) is 0 Å². The molecule has 0 amide bonds. The predicted molar refractivity (Wildman–Crippen MR) is 103 cm³/mol. The van der Waals surface area contributed by atoms with E-state index in [2.05, 4.69) is 27.6 Å². The summed E-state index contributed by atoms with van der Waals surface area (Å²) in [7, 11) is 2.31. The van der Waals surface area contributed by atoms with Crippen LogP contribution >= 0.6 is 0 Å². The molecule has 2 N–H and O–H groups in total. The summed E-state index contributed by atoms with van der Waals surface area (Å²) in [4.78, 5) is 24.8. The highest BCUT2D eigenvalue weighted by Gasteiger charge is 2.41. The number of hydrogen-bond donors (Lipinski definition) is 2. The van der Waals surface area contributed by atoms with Crippen molar-refractivity contribution in [3.8, 4) is 11.1 Å². The highest BCUT2D eigenvalue weighted by Crippen LogP contribution is 2.31. The Hall–Kier alpha value is -2.05. The lowest BCUT2D eigenvalue weighted by Gasteiger charge is -2.44. The predicted octanol–water partition coefficient (Wildman–Crippen LogP) is -1.02. The Morgan fingerprint density at radius 1 is 1.11 bits per heavy atom. The minimum atomic E-state index is 0.128. The van der Waals surface area contributed by atoms with Crippen molar-refractivity contribution in [1.29, 1.82) is 0 Å². The first-order valence-corrected chi connectivity index (χ1v) is 10.3. The van der Waals surface area contributed by atoms with E-state index in [0.717, 1.165) is 23.7 Å². The highest BCUT2D eigenvalue weighted by atomic mass is 16.1. The largest absolute Gasteiger partial charge is 0.337 e. The van der Waals surface area contributed by atoms with Crippen LogP contribution in [0.25, 0.3) is 11.1 Å². The molecule has 0 radical (unpaired) electrons. The molecule has 2 saturated heterocycles. The van der Waals surface area contributed by atoms with Crippen LogP contribution in [-0.2, 0) is 6.54 Å². The van der Waals surface area contributed by atoms with Crippen molar-refractivity contribution in [2.45, 2.75) is 37.8 Å². The summed E-state index contributed by atoms with van der Waals surface area (Å²) in [5.41, 5.74) is 2.91. The molecular formula is C21H29N5O+2. The van der Waals surface area contributed by atoms with E-state index in [4.69, 9.17) is 0 Å². The molecule has 6 nitrogen and oxygen atoms in total. The van der Waals surface area contributed by atoms with Gasteiger partial charge < -0.3 is 14.4 Å². The molecule has 3 aliphatic rings. The van der Waals surface area contributed by atoms with Gasteiger partial charge in [0.2, 0.25) is 0 Å². The van der Waals surface area contributed by atoms with E-state index < -0.39 is 0 Å². The van der Waals surface area contributed by atoms with Crippen LogP contribution in [0, 0.1) is 5.92 Å². The molecule has 2 fully saturated rings. The molecule has 2 aromatic heterocycles. The second-order valence-electron chi connectivity index (χ2n) is 8.81. The summed E-state index contributed by atoms with van der Waals surface area (Å²) in [6.45, 7) is 5.90. The van der Waals surface area contributed by atoms with E-state index >= 15 is 0 Å². The molecular weight excluding hydrogens is 338 g/mol. The summed E-state index contributed by atoms with van der Waals surface area (Å²) in [6.07, 6.45) is 8.91. The first-order chi connectivity index (χ1) is 13.2. The molecule has 6 heteroatoms. The fraction of sp³-hybridized carbons (Fsp3) is 0.571. The Bertz CT molecular complexity index is 872. The third-order valence-corrected chi connectivity index (χ3v) is 7.03. The monoisotopic (exact) mass is 367 g/mol. The normalized spacial score (nSPS) is 32.7. The zero-order valence-corrected chi connectivity index (χ0v) is 16.0. The number of quaternary nitrogens is 2. The van der Waals surface area contributed by atoms with E-state index in [0.29, 0.717) is 11.8 Å². The minimum absolute atomic E-state index is 0.128. The average Bonchev–Trinajstić information content (AvgIpc) is 2.70. The topological polar surface area (TPSA) is 56.7 Å². The van der Waals surface area contributed by atoms with Gasteiger partial charge in [0, 0.05) is 54.9 Å². The maximum atomic E-state index is 13.2. The molecule has 0 spiro atoms. The van der Waals surface area contributed by atoms with Crippen LogP contribution in [-0.4, -0.2) is 53.8 Å². The quantitative estimate of drug-likeness (QED) is 0.715. The summed E-state index contributed by atoms with van der Waals surface area (Å²) in [5, 5.41) is 0. The minimum Gasteiger partial charge on any atom is -0.337 e. The van der Waals surface area contributed by atoms with Crippen molar-refractivity contribution in [1.82, 2.24) is 14.5 Å². The lowest BCUT2D eigenvalue weighted by Crippen LogP contribution is -3.21.